The molecule has 0 saturated heterocycles. The molecule has 0 fully saturated rings. The molecule has 0 aliphatic carbocycles. The van der Waals surface area contributed by atoms with Crippen molar-refractivity contribution in [3.8, 4) is 5.75 Å². The predicted octanol–water partition coefficient (Wildman–Crippen LogP) is 3.66. The first-order chi connectivity index (χ1) is 8.83. The zero-order chi connectivity index (χ0) is 12.4. The van der Waals surface area contributed by atoms with Crippen LogP contribution in [0.5, 0.6) is 5.75 Å². The van der Waals surface area contributed by atoms with E-state index in [4.69, 9.17) is 9.15 Å². The summed E-state index contributed by atoms with van der Waals surface area (Å²) in [6.07, 6.45) is 4.46. The van der Waals surface area contributed by atoms with Gasteiger partial charge in [-0.15, -0.1) is 0 Å². The second kappa shape index (κ2) is 5.16. The van der Waals surface area contributed by atoms with Crippen LogP contribution in [0.2, 0.25) is 0 Å². The maximum atomic E-state index is 5.67. The SMILES string of the molecule is Brc1ccc2c(c1)C(NCc1ccoc1)CCO2. The molecule has 0 radical (unpaired) electrons. The van der Waals surface area contributed by atoms with Gasteiger partial charge in [-0.3, -0.25) is 0 Å². The number of hydrogen-bond acceptors (Lipinski definition) is 3. The molecule has 1 N–H and O–H groups in total. The lowest BCUT2D eigenvalue weighted by atomic mass is 10.0. The Balaban J connectivity index is 1.76. The minimum absolute atomic E-state index is 0.334. The number of halogens is 1. The lowest BCUT2D eigenvalue weighted by molar-refractivity contribution is 0.252. The number of hydrogen-bond donors (Lipinski definition) is 1. The number of furan rings is 1. The molecule has 1 unspecified atom stereocenters. The van der Waals surface area contributed by atoms with Crippen LogP contribution in [-0.4, -0.2) is 6.61 Å². The highest BCUT2D eigenvalue weighted by Gasteiger charge is 2.21. The first-order valence-corrected chi connectivity index (χ1v) is 6.79. The third-order valence-electron chi connectivity index (χ3n) is 3.14. The molecule has 0 amide bonds. The summed E-state index contributed by atoms with van der Waals surface area (Å²) < 4.78 is 11.8. The Bertz CT molecular complexity index is 525. The summed E-state index contributed by atoms with van der Waals surface area (Å²) in [6, 6.07) is 8.47. The Morgan fingerprint density at radius 1 is 1.33 bits per heavy atom. The Kier molecular flexibility index (Phi) is 3.39. The van der Waals surface area contributed by atoms with Gasteiger partial charge in [0.15, 0.2) is 0 Å². The molecule has 1 atom stereocenters. The van der Waals surface area contributed by atoms with Gasteiger partial charge in [0.2, 0.25) is 0 Å². The molecule has 0 spiro atoms. The number of nitrogens with one attached hydrogen (secondary N) is 1. The highest BCUT2D eigenvalue weighted by Crippen LogP contribution is 2.34. The molecule has 0 bridgehead atoms. The number of rotatable bonds is 3. The standard InChI is InChI=1S/C14H14BrNO2/c15-11-1-2-14-12(7-11)13(4-6-18-14)16-8-10-3-5-17-9-10/h1-3,5,7,9,13,16H,4,6,8H2. The highest BCUT2D eigenvalue weighted by molar-refractivity contribution is 9.10. The monoisotopic (exact) mass is 307 g/mol. The van der Waals surface area contributed by atoms with Crippen molar-refractivity contribution in [2.45, 2.75) is 19.0 Å². The van der Waals surface area contributed by atoms with Crippen molar-refractivity contribution in [1.82, 2.24) is 5.32 Å². The first-order valence-electron chi connectivity index (χ1n) is 5.99. The van der Waals surface area contributed by atoms with Gasteiger partial charge < -0.3 is 14.5 Å². The lowest BCUT2D eigenvalue weighted by Crippen LogP contribution is -2.26. The smallest absolute Gasteiger partial charge is 0.124 e. The fraction of sp³-hybridized carbons (Fsp3) is 0.286. The van der Waals surface area contributed by atoms with E-state index < -0.39 is 0 Å². The third-order valence-corrected chi connectivity index (χ3v) is 3.64. The number of benzene rings is 1. The minimum atomic E-state index is 0.334. The fourth-order valence-electron chi connectivity index (χ4n) is 2.21. The van der Waals surface area contributed by atoms with Gasteiger partial charge in [0.25, 0.3) is 0 Å². The zero-order valence-electron chi connectivity index (χ0n) is 9.86. The molecule has 0 saturated carbocycles. The average molecular weight is 308 g/mol. The second-order valence-corrected chi connectivity index (χ2v) is 5.30. The van der Waals surface area contributed by atoms with Gasteiger partial charge in [-0.2, -0.15) is 0 Å². The van der Waals surface area contributed by atoms with Crippen LogP contribution >= 0.6 is 15.9 Å². The van der Waals surface area contributed by atoms with Gasteiger partial charge in [0, 0.05) is 34.6 Å². The van der Waals surface area contributed by atoms with Crippen molar-refractivity contribution in [3.63, 3.8) is 0 Å². The molecule has 3 rings (SSSR count). The van der Waals surface area contributed by atoms with Gasteiger partial charge >= 0.3 is 0 Å². The molecule has 4 heteroatoms. The molecule has 3 nitrogen and oxygen atoms in total. The Morgan fingerprint density at radius 2 is 2.28 bits per heavy atom. The van der Waals surface area contributed by atoms with E-state index in [9.17, 15) is 0 Å². The molecule has 94 valence electrons. The number of fused-ring (bicyclic) bond motifs is 1. The molecule has 1 aliphatic heterocycles. The molecule has 1 aromatic carbocycles. The van der Waals surface area contributed by atoms with E-state index in [0.717, 1.165) is 35.4 Å². The Morgan fingerprint density at radius 3 is 3.11 bits per heavy atom. The van der Waals surface area contributed by atoms with Crippen molar-refractivity contribution < 1.29 is 9.15 Å². The minimum Gasteiger partial charge on any atom is -0.493 e. The second-order valence-electron chi connectivity index (χ2n) is 4.38. The van der Waals surface area contributed by atoms with Crippen LogP contribution in [0.15, 0.2) is 45.7 Å². The Hall–Kier alpha value is -1.26. The quantitative estimate of drug-likeness (QED) is 0.940. The summed E-state index contributed by atoms with van der Waals surface area (Å²) in [5, 5.41) is 3.55. The van der Waals surface area contributed by atoms with E-state index in [0.29, 0.717) is 6.04 Å². The van der Waals surface area contributed by atoms with Crippen molar-refractivity contribution in [2.75, 3.05) is 6.61 Å². The van der Waals surface area contributed by atoms with Crippen LogP contribution in [0.25, 0.3) is 0 Å². The van der Waals surface area contributed by atoms with Gasteiger partial charge in [-0.25, -0.2) is 0 Å². The molecule has 2 aromatic rings. The van der Waals surface area contributed by atoms with Crippen molar-refractivity contribution in [2.24, 2.45) is 0 Å². The Labute approximate surface area is 114 Å². The van der Waals surface area contributed by atoms with Crippen molar-refractivity contribution >= 4 is 15.9 Å². The number of ether oxygens (including phenoxy) is 1. The van der Waals surface area contributed by atoms with E-state index in [1.54, 1.807) is 12.5 Å². The van der Waals surface area contributed by atoms with E-state index >= 15 is 0 Å². The van der Waals surface area contributed by atoms with Gasteiger partial charge in [-0.05, 0) is 24.3 Å². The highest BCUT2D eigenvalue weighted by atomic mass is 79.9. The maximum absolute atomic E-state index is 5.67. The zero-order valence-corrected chi connectivity index (χ0v) is 11.4. The lowest BCUT2D eigenvalue weighted by Gasteiger charge is -2.27. The molecular weight excluding hydrogens is 294 g/mol. The molecule has 2 heterocycles. The average Bonchev–Trinajstić information content (AvgIpc) is 2.89. The summed E-state index contributed by atoms with van der Waals surface area (Å²) in [6.45, 7) is 1.57. The fourth-order valence-corrected chi connectivity index (χ4v) is 2.59. The van der Waals surface area contributed by atoms with Crippen molar-refractivity contribution in [3.05, 3.63) is 52.4 Å². The third kappa shape index (κ3) is 2.44. The molecule has 1 aliphatic rings. The summed E-state index contributed by atoms with van der Waals surface area (Å²) in [4.78, 5) is 0. The van der Waals surface area contributed by atoms with Crippen LogP contribution in [-0.2, 0) is 6.54 Å². The predicted molar refractivity (Wildman–Crippen MR) is 72.5 cm³/mol. The molecule has 1 aromatic heterocycles. The molecule has 18 heavy (non-hydrogen) atoms. The summed E-state index contributed by atoms with van der Waals surface area (Å²) >= 11 is 3.51. The van der Waals surface area contributed by atoms with Crippen LogP contribution in [0.1, 0.15) is 23.6 Å². The summed E-state index contributed by atoms with van der Waals surface area (Å²) in [5.41, 5.74) is 2.39. The van der Waals surface area contributed by atoms with E-state index in [1.807, 2.05) is 18.2 Å². The van der Waals surface area contributed by atoms with Crippen molar-refractivity contribution in [1.29, 1.82) is 0 Å². The van der Waals surface area contributed by atoms with Gasteiger partial charge in [0.1, 0.15) is 5.75 Å². The molecular formula is C14H14BrNO2. The largest absolute Gasteiger partial charge is 0.493 e. The maximum Gasteiger partial charge on any atom is 0.124 e. The first kappa shape index (κ1) is 11.8. The van der Waals surface area contributed by atoms with Crippen LogP contribution in [0.4, 0.5) is 0 Å². The van der Waals surface area contributed by atoms with E-state index in [-0.39, 0.29) is 0 Å². The normalized spacial score (nSPS) is 18.2. The van der Waals surface area contributed by atoms with Gasteiger partial charge in [0.05, 0.1) is 19.1 Å². The van der Waals surface area contributed by atoms with Gasteiger partial charge in [-0.1, -0.05) is 15.9 Å². The topological polar surface area (TPSA) is 34.4 Å². The van der Waals surface area contributed by atoms with Crippen LogP contribution in [0.3, 0.4) is 0 Å². The summed E-state index contributed by atoms with van der Waals surface area (Å²) in [5.74, 6) is 0.981. The van der Waals surface area contributed by atoms with E-state index in [2.05, 4.69) is 27.3 Å². The van der Waals surface area contributed by atoms with Crippen LogP contribution < -0.4 is 10.1 Å². The van der Waals surface area contributed by atoms with Crippen LogP contribution in [0, 0.1) is 0 Å². The summed E-state index contributed by atoms with van der Waals surface area (Å²) in [7, 11) is 0. The van der Waals surface area contributed by atoms with E-state index in [1.165, 1.54) is 5.56 Å².